The highest BCUT2D eigenvalue weighted by Gasteiger charge is 2.34. The molecule has 0 radical (unpaired) electrons. The van der Waals surface area contributed by atoms with Gasteiger partial charge in [0.1, 0.15) is 5.82 Å². The molecule has 1 aromatic carbocycles. The Labute approximate surface area is 107 Å². The molecule has 0 aromatic heterocycles. The molecule has 0 saturated heterocycles. The smallest absolute Gasteiger partial charge is 0.419 e. The number of benzene rings is 1. The first-order chi connectivity index (χ1) is 8.79. The summed E-state index contributed by atoms with van der Waals surface area (Å²) in [6, 6.07) is 2.60. The Bertz CT molecular complexity index is 460. The van der Waals surface area contributed by atoms with Gasteiger partial charge in [0.2, 0.25) is 0 Å². The summed E-state index contributed by atoms with van der Waals surface area (Å²) in [7, 11) is 1.16. The molecule has 0 spiro atoms. The predicted octanol–water partition coefficient (Wildman–Crippen LogP) is 2.13. The van der Waals surface area contributed by atoms with Gasteiger partial charge >= 0.3 is 12.1 Å². The molecule has 106 valence electrons. The number of carbonyl (C=O) groups excluding carboxylic acids is 1. The number of nitrogens with two attached hydrogens (primary N) is 1. The molecule has 0 aliphatic heterocycles. The number of hydrogen-bond acceptors (Lipinski definition) is 3. The molecule has 0 saturated carbocycles. The van der Waals surface area contributed by atoms with E-state index in [0.717, 1.165) is 13.2 Å². The molecule has 2 N–H and O–H groups in total. The monoisotopic (exact) mass is 279 g/mol. The zero-order valence-corrected chi connectivity index (χ0v) is 10.1. The number of carbonyl (C=O) groups is 1. The van der Waals surface area contributed by atoms with Crippen molar-refractivity contribution < 1.29 is 27.1 Å². The molecule has 0 aliphatic carbocycles. The first-order valence-electron chi connectivity index (χ1n) is 5.43. The lowest BCUT2D eigenvalue weighted by molar-refractivity contribution is -0.145. The van der Waals surface area contributed by atoms with Crippen LogP contribution in [0.15, 0.2) is 18.2 Å². The minimum absolute atomic E-state index is 0.0352. The molecular weight excluding hydrogens is 266 g/mol. The van der Waals surface area contributed by atoms with Gasteiger partial charge in [-0.1, -0.05) is 6.07 Å². The van der Waals surface area contributed by atoms with Gasteiger partial charge in [-0.3, -0.25) is 4.79 Å². The minimum Gasteiger partial charge on any atom is -0.469 e. The topological polar surface area (TPSA) is 52.3 Å². The summed E-state index contributed by atoms with van der Waals surface area (Å²) in [4.78, 5) is 11.3. The van der Waals surface area contributed by atoms with E-state index in [-0.39, 0.29) is 18.5 Å². The lowest BCUT2D eigenvalue weighted by Gasteiger charge is -2.14. The fraction of sp³-hybridized carbons (Fsp3) is 0.417. The Morgan fingerprint density at radius 2 is 2.05 bits per heavy atom. The average Bonchev–Trinajstić information content (AvgIpc) is 2.35. The maximum Gasteiger partial charge on any atom is 0.419 e. The third-order valence-corrected chi connectivity index (χ3v) is 2.64. The van der Waals surface area contributed by atoms with Crippen LogP contribution < -0.4 is 5.73 Å². The van der Waals surface area contributed by atoms with Gasteiger partial charge in [0.05, 0.1) is 18.6 Å². The molecule has 3 nitrogen and oxygen atoms in total. The Balaban J connectivity index is 3.00. The van der Waals surface area contributed by atoms with Crippen molar-refractivity contribution in [3.63, 3.8) is 0 Å². The summed E-state index contributed by atoms with van der Waals surface area (Å²) in [5.74, 6) is -2.71. The van der Waals surface area contributed by atoms with Crippen LogP contribution >= 0.6 is 0 Å². The maximum atomic E-state index is 13.1. The van der Waals surface area contributed by atoms with E-state index in [1.165, 1.54) is 6.07 Å². The zero-order chi connectivity index (χ0) is 14.6. The molecule has 1 unspecified atom stereocenters. The van der Waals surface area contributed by atoms with Gasteiger partial charge in [-0.15, -0.1) is 0 Å². The Morgan fingerprint density at radius 3 is 2.53 bits per heavy atom. The van der Waals surface area contributed by atoms with Gasteiger partial charge in [0.15, 0.2) is 0 Å². The van der Waals surface area contributed by atoms with Crippen molar-refractivity contribution in [3.05, 3.63) is 35.1 Å². The summed E-state index contributed by atoms with van der Waals surface area (Å²) in [6.07, 6.45) is -4.81. The van der Waals surface area contributed by atoms with E-state index < -0.39 is 29.4 Å². The van der Waals surface area contributed by atoms with Crippen molar-refractivity contribution in [1.82, 2.24) is 0 Å². The second-order valence-electron chi connectivity index (χ2n) is 3.97. The van der Waals surface area contributed by atoms with Gasteiger partial charge in [0, 0.05) is 6.54 Å². The number of methoxy groups -OCH3 is 1. The van der Waals surface area contributed by atoms with Gasteiger partial charge in [-0.05, 0) is 24.1 Å². The first-order valence-corrected chi connectivity index (χ1v) is 5.43. The molecule has 0 fully saturated rings. The molecule has 19 heavy (non-hydrogen) atoms. The Kier molecular flexibility index (Phi) is 4.88. The molecule has 1 rings (SSSR count). The molecule has 0 amide bonds. The third-order valence-electron chi connectivity index (χ3n) is 2.64. The van der Waals surface area contributed by atoms with Gasteiger partial charge in [-0.25, -0.2) is 4.39 Å². The normalized spacial score (nSPS) is 13.2. The Hall–Kier alpha value is -1.63. The highest BCUT2D eigenvalue weighted by atomic mass is 19.4. The summed E-state index contributed by atoms with van der Waals surface area (Å²) >= 11 is 0. The van der Waals surface area contributed by atoms with Crippen molar-refractivity contribution in [2.75, 3.05) is 13.7 Å². The van der Waals surface area contributed by atoms with Crippen molar-refractivity contribution in [3.8, 4) is 0 Å². The van der Waals surface area contributed by atoms with E-state index in [2.05, 4.69) is 4.74 Å². The van der Waals surface area contributed by atoms with Crippen molar-refractivity contribution in [2.24, 2.45) is 11.7 Å². The lowest BCUT2D eigenvalue weighted by Crippen LogP contribution is -2.27. The van der Waals surface area contributed by atoms with Crippen LogP contribution in [0.3, 0.4) is 0 Å². The van der Waals surface area contributed by atoms with Crippen LogP contribution in [0.5, 0.6) is 0 Å². The number of alkyl halides is 3. The molecule has 0 aliphatic rings. The molecule has 7 heteroatoms. The van der Waals surface area contributed by atoms with Crippen molar-refractivity contribution in [1.29, 1.82) is 0 Å². The van der Waals surface area contributed by atoms with Crippen LogP contribution in [-0.2, 0) is 22.1 Å². The van der Waals surface area contributed by atoms with Gasteiger partial charge < -0.3 is 10.5 Å². The summed E-state index contributed by atoms with van der Waals surface area (Å²) in [6.45, 7) is -0.0641. The second-order valence-corrected chi connectivity index (χ2v) is 3.97. The molecule has 1 aromatic rings. The van der Waals surface area contributed by atoms with Crippen molar-refractivity contribution in [2.45, 2.75) is 12.6 Å². The molecule has 0 heterocycles. The lowest BCUT2D eigenvalue weighted by atomic mass is 9.98. The summed E-state index contributed by atoms with van der Waals surface area (Å²) < 4.78 is 55.1. The van der Waals surface area contributed by atoms with E-state index in [9.17, 15) is 22.4 Å². The largest absolute Gasteiger partial charge is 0.469 e. The number of halogens is 4. The predicted molar refractivity (Wildman–Crippen MR) is 59.7 cm³/mol. The van der Waals surface area contributed by atoms with E-state index in [1.54, 1.807) is 0 Å². The Morgan fingerprint density at radius 1 is 1.42 bits per heavy atom. The molecule has 1 atom stereocenters. The number of hydrogen-bond donors (Lipinski definition) is 1. The van der Waals surface area contributed by atoms with E-state index in [1.807, 2.05) is 0 Å². The van der Waals surface area contributed by atoms with Crippen molar-refractivity contribution >= 4 is 5.97 Å². The van der Waals surface area contributed by atoms with Crippen LogP contribution in [0.25, 0.3) is 0 Å². The minimum atomic E-state index is -4.77. The van der Waals surface area contributed by atoms with E-state index in [0.29, 0.717) is 6.07 Å². The fourth-order valence-corrected chi connectivity index (χ4v) is 1.63. The van der Waals surface area contributed by atoms with Crippen LogP contribution in [0.4, 0.5) is 17.6 Å². The zero-order valence-electron chi connectivity index (χ0n) is 10.1. The molecule has 0 bridgehead atoms. The second kappa shape index (κ2) is 6.01. The fourth-order valence-electron chi connectivity index (χ4n) is 1.63. The first kappa shape index (κ1) is 15.4. The number of rotatable bonds is 4. The summed E-state index contributed by atoms with van der Waals surface area (Å²) in [5.41, 5.74) is 4.17. The van der Waals surface area contributed by atoms with Crippen LogP contribution in [0.1, 0.15) is 11.1 Å². The average molecular weight is 279 g/mol. The number of ether oxygens (including phenoxy) is 1. The number of esters is 1. The van der Waals surface area contributed by atoms with E-state index in [4.69, 9.17) is 5.73 Å². The summed E-state index contributed by atoms with van der Waals surface area (Å²) in [5, 5.41) is 0. The van der Waals surface area contributed by atoms with Crippen LogP contribution in [0, 0.1) is 11.7 Å². The van der Waals surface area contributed by atoms with E-state index >= 15 is 0 Å². The standard InChI is InChI=1S/C12H13F4NO2/c1-19-11(18)8(6-17)4-7-2-3-10(13)9(5-7)12(14,15)16/h2-3,5,8H,4,6,17H2,1H3. The van der Waals surface area contributed by atoms with Gasteiger partial charge in [-0.2, -0.15) is 13.2 Å². The third kappa shape index (κ3) is 3.92. The van der Waals surface area contributed by atoms with Crippen LogP contribution in [-0.4, -0.2) is 19.6 Å². The quantitative estimate of drug-likeness (QED) is 0.678. The highest BCUT2D eigenvalue weighted by Crippen LogP contribution is 2.32. The SMILES string of the molecule is COC(=O)C(CN)Cc1ccc(F)c(C(F)(F)F)c1. The molecular formula is C12H13F4NO2. The highest BCUT2D eigenvalue weighted by molar-refractivity contribution is 5.72. The maximum absolute atomic E-state index is 13.1. The van der Waals surface area contributed by atoms with Crippen LogP contribution in [0.2, 0.25) is 0 Å². The van der Waals surface area contributed by atoms with Gasteiger partial charge in [0.25, 0.3) is 0 Å².